The third-order valence-electron chi connectivity index (χ3n) is 4.84. The van der Waals surface area contributed by atoms with Gasteiger partial charge in [-0.05, 0) is 24.5 Å². The molecule has 1 aromatic rings. The highest BCUT2D eigenvalue weighted by atomic mass is 19.4. The molecule has 2 aliphatic rings. The summed E-state index contributed by atoms with van der Waals surface area (Å²) in [6, 6.07) is 4.58. The number of carbonyl (C=O) groups excluding carboxylic acids is 2. The molecule has 0 bridgehead atoms. The molecule has 3 N–H and O–H groups in total. The molecule has 1 aliphatic carbocycles. The van der Waals surface area contributed by atoms with E-state index in [1.165, 1.54) is 6.07 Å². The molecule has 0 unspecified atom stereocenters. The van der Waals surface area contributed by atoms with Crippen LogP contribution in [0.1, 0.15) is 24.0 Å². The van der Waals surface area contributed by atoms with Gasteiger partial charge < -0.3 is 16.0 Å². The highest BCUT2D eigenvalue weighted by Gasteiger charge is 2.53. The average molecular weight is 370 g/mol. The SMILES string of the molecule is NC(=O)NC1(C(=O)N2CCN(Cc3cccc(C(F)(F)F)c3)CC2)CC1. The van der Waals surface area contributed by atoms with E-state index in [2.05, 4.69) is 5.32 Å². The second kappa shape index (κ2) is 6.79. The summed E-state index contributed by atoms with van der Waals surface area (Å²) in [6.45, 7) is 2.47. The number of alkyl halides is 3. The number of nitrogens with two attached hydrogens (primary N) is 1. The Morgan fingerprint density at radius 1 is 1.15 bits per heavy atom. The van der Waals surface area contributed by atoms with Crippen molar-refractivity contribution in [2.75, 3.05) is 26.2 Å². The van der Waals surface area contributed by atoms with Gasteiger partial charge in [-0.1, -0.05) is 18.2 Å². The summed E-state index contributed by atoms with van der Waals surface area (Å²) < 4.78 is 38.4. The van der Waals surface area contributed by atoms with Crippen molar-refractivity contribution >= 4 is 11.9 Å². The molecule has 1 aromatic carbocycles. The molecule has 2 fully saturated rings. The molecule has 9 heteroatoms. The van der Waals surface area contributed by atoms with Crippen molar-refractivity contribution in [1.29, 1.82) is 0 Å². The van der Waals surface area contributed by atoms with Crippen LogP contribution in [0.3, 0.4) is 0 Å². The predicted octanol–water partition coefficient (Wildman–Crippen LogP) is 1.55. The van der Waals surface area contributed by atoms with Crippen LogP contribution in [0.15, 0.2) is 24.3 Å². The van der Waals surface area contributed by atoms with E-state index in [-0.39, 0.29) is 5.91 Å². The minimum Gasteiger partial charge on any atom is -0.352 e. The number of nitrogens with one attached hydrogen (secondary N) is 1. The molecule has 142 valence electrons. The van der Waals surface area contributed by atoms with Crippen LogP contribution in [-0.2, 0) is 17.5 Å². The first-order valence-electron chi connectivity index (χ1n) is 8.45. The largest absolute Gasteiger partial charge is 0.416 e. The molecular weight excluding hydrogens is 349 g/mol. The Bertz CT molecular complexity index is 695. The zero-order chi connectivity index (χ0) is 18.9. The number of primary amides is 1. The van der Waals surface area contributed by atoms with Gasteiger partial charge in [-0.25, -0.2) is 4.79 Å². The normalized spacial score (nSPS) is 19.9. The van der Waals surface area contributed by atoms with E-state index in [1.807, 2.05) is 4.90 Å². The van der Waals surface area contributed by atoms with Gasteiger partial charge in [0.15, 0.2) is 0 Å². The van der Waals surface area contributed by atoms with Gasteiger partial charge in [-0.2, -0.15) is 13.2 Å². The molecule has 1 heterocycles. The topological polar surface area (TPSA) is 78.7 Å². The molecule has 0 radical (unpaired) electrons. The Labute approximate surface area is 149 Å². The zero-order valence-electron chi connectivity index (χ0n) is 14.2. The second-order valence-electron chi connectivity index (χ2n) is 6.84. The summed E-state index contributed by atoms with van der Waals surface area (Å²) in [5.41, 5.74) is 4.21. The molecule has 3 amide bonds. The van der Waals surface area contributed by atoms with Crippen LogP contribution in [0, 0.1) is 0 Å². The molecule has 6 nitrogen and oxygen atoms in total. The first-order valence-corrected chi connectivity index (χ1v) is 8.45. The first-order chi connectivity index (χ1) is 12.2. The maximum absolute atomic E-state index is 12.8. The lowest BCUT2D eigenvalue weighted by Crippen LogP contribution is -2.56. The van der Waals surface area contributed by atoms with Crippen molar-refractivity contribution in [3.05, 3.63) is 35.4 Å². The zero-order valence-corrected chi connectivity index (χ0v) is 14.2. The summed E-state index contributed by atoms with van der Waals surface area (Å²) in [5.74, 6) is -0.130. The lowest BCUT2D eigenvalue weighted by atomic mass is 10.1. The van der Waals surface area contributed by atoms with E-state index >= 15 is 0 Å². The van der Waals surface area contributed by atoms with Crippen LogP contribution in [0.4, 0.5) is 18.0 Å². The Hall–Kier alpha value is -2.29. The number of halogens is 3. The van der Waals surface area contributed by atoms with Crippen LogP contribution >= 0.6 is 0 Å². The number of urea groups is 1. The average Bonchev–Trinajstić information content (AvgIpc) is 3.34. The number of hydrogen-bond donors (Lipinski definition) is 2. The number of benzene rings is 1. The first kappa shape index (κ1) is 18.5. The summed E-state index contributed by atoms with van der Waals surface area (Å²) >= 11 is 0. The Balaban J connectivity index is 1.55. The van der Waals surface area contributed by atoms with Gasteiger partial charge in [0.05, 0.1) is 5.56 Å². The third-order valence-corrected chi connectivity index (χ3v) is 4.84. The second-order valence-corrected chi connectivity index (χ2v) is 6.84. The monoisotopic (exact) mass is 370 g/mol. The van der Waals surface area contributed by atoms with Crippen molar-refractivity contribution in [3.63, 3.8) is 0 Å². The van der Waals surface area contributed by atoms with E-state index in [4.69, 9.17) is 5.73 Å². The molecular formula is C17H21F3N4O2. The number of hydrogen-bond acceptors (Lipinski definition) is 3. The van der Waals surface area contributed by atoms with Crippen LogP contribution in [0.2, 0.25) is 0 Å². The quantitative estimate of drug-likeness (QED) is 0.844. The van der Waals surface area contributed by atoms with E-state index in [0.717, 1.165) is 12.1 Å². The lowest BCUT2D eigenvalue weighted by molar-refractivity contribution is -0.138. The van der Waals surface area contributed by atoms with Crippen LogP contribution in [-0.4, -0.2) is 53.5 Å². The smallest absolute Gasteiger partial charge is 0.352 e. The van der Waals surface area contributed by atoms with Gasteiger partial charge in [0, 0.05) is 32.7 Å². The number of nitrogens with zero attached hydrogens (tertiary/aromatic N) is 2. The van der Waals surface area contributed by atoms with E-state index < -0.39 is 23.3 Å². The van der Waals surface area contributed by atoms with Crippen molar-refractivity contribution in [1.82, 2.24) is 15.1 Å². The minimum absolute atomic E-state index is 0.130. The fraction of sp³-hybridized carbons (Fsp3) is 0.529. The standard InChI is InChI=1S/C17H21F3N4O2/c18-17(19,20)13-3-1-2-12(10-13)11-23-6-8-24(9-7-23)14(25)16(4-5-16)22-15(21)26/h1-3,10H,4-9,11H2,(H3,21,22,26). The molecule has 0 spiro atoms. The van der Waals surface area contributed by atoms with Crippen LogP contribution < -0.4 is 11.1 Å². The van der Waals surface area contributed by atoms with Crippen molar-refractivity contribution in [3.8, 4) is 0 Å². The van der Waals surface area contributed by atoms with Crippen molar-refractivity contribution in [2.24, 2.45) is 5.73 Å². The lowest BCUT2D eigenvalue weighted by Gasteiger charge is -2.36. The minimum atomic E-state index is -4.35. The Morgan fingerprint density at radius 2 is 1.81 bits per heavy atom. The summed E-state index contributed by atoms with van der Waals surface area (Å²) in [5, 5.41) is 2.53. The molecule has 1 saturated carbocycles. The number of piperazine rings is 1. The van der Waals surface area contributed by atoms with Crippen LogP contribution in [0.5, 0.6) is 0 Å². The maximum atomic E-state index is 12.8. The number of amides is 3. The highest BCUT2D eigenvalue weighted by Crippen LogP contribution is 2.37. The van der Waals surface area contributed by atoms with Crippen molar-refractivity contribution in [2.45, 2.75) is 31.1 Å². The third kappa shape index (κ3) is 4.09. The Kier molecular flexibility index (Phi) is 4.83. The van der Waals surface area contributed by atoms with Gasteiger partial charge in [-0.3, -0.25) is 9.69 Å². The van der Waals surface area contributed by atoms with Crippen molar-refractivity contribution < 1.29 is 22.8 Å². The fourth-order valence-corrected chi connectivity index (χ4v) is 3.27. The molecule has 0 aromatic heterocycles. The number of rotatable bonds is 4. The predicted molar refractivity (Wildman–Crippen MR) is 88.0 cm³/mol. The van der Waals surface area contributed by atoms with Crippen LogP contribution in [0.25, 0.3) is 0 Å². The van der Waals surface area contributed by atoms with E-state index in [1.54, 1.807) is 11.0 Å². The van der Waals surface area contributed by atoms with Gasteiger partial charge in [-0.15, -0.1) is 0 Å². The van der Waals surface area contributed by atoms with Gasteiger partial charge in [0.2, 0.25) is 5.91 Å². The van der Waals surface area contributed by atoms with Gasteiger partial charge in [0.1, 0.15) is 5.54 Å². The molecule has 0 atom stereocenters. The molecule has 3 rings (SSSR count). The highest BCUT2D eigenvalue weighted by molar-refractivity contribution is 5.93. The van der Waals surface area contributed by atoms with Gasteiger partial charge >= 0.3 is 12.2 Å². The van der Waals surface area contributed by atoms with E-state index in [9.17, 15) is 22.8 Å². The van der Waals surface area contributed by atoms with E-state index in [0.29, 0.717) is 51.1 Å². The Morgan fingerprint density at radius 3 is 2.35 bits per heavy atom. The summed E-state index contributed by atoms with van der Waals surface area (Å²) in [6.07, 6.45) is -3.19. The fourth-order valence-electron chi connectivity index (χ4n) is 3.27. The summed E-state index contributed by atoms with van der Waals surface area (Å²) in [7, 11) is 0. The molecule has 1 aliphatic heterocycles. The maximum Gasteiger partial charge on any atom is 0.416 e. The number of carbonyl (C=O) groups is 2. The molecule has 26 heavy (non-hydrogen) atoms. The summed E-state index contributed by atoms with van der Waals surface area (Å²) in [4.78, 5) is 27.3. The van der Waals surface area contributed by atoms with Gasteiger partial charge in [0.25, 0.3) is 0 Å². The molecule has 1 saturated heterocycles.